The minimum atomic E-state index is -1.08. The fraction of sp³-hybridized carbons (Fsp3) is 0.706. The molecular weight excluding hydrogens is 314 g/mol. The van der Waals surface area contributed by atoms with Gasteiger partial charge in [-0.05, 0) is 39.0 Å². The summed E-state index contributed by atoms with van der Waals surface area (Å²) < 4.78 is 16.0. The summed E-state index contributed by atoms with van der Waals surface area (Å²) in [5.41, 5.74) is 1.31. The van der Waals surface area contributed by atoms with Gasteiger partial charge in [-0.2, -0.15) is 0 Å². The second-order valence-electron chi connectivity index (χ2n) is 6.50. The van der Waals surface area contributed by atoms with Crippen LogP contribution < -0.4 is 0 Å². The molecule has 2 aliphatic heterocycles. The molecule has 0 bridgehead atoms. The van der Waals surface area contributed by atoms with Gasteiger partial charge in [0, 0.05) is 17.7 Å². The monoisotopic (exact) mass is 337 g/mol. The minimum Gasteiger partial charge on any atom is -0.469 e. The van der Waals surface area contributed by atoms with Crippen molar-refractivity contribution in [3.63, 3.8) is 0 Å². The van der Waals surface area contributed by atoms with E-state index in [0.717, 1.165) is 12.8 Å². The summed E-state index contributed by atoms with van der Waals surface area (Å²) in [6.45, 7) is 2.66. The smallest absolute Gasteiger partial charge is 0.314 e. The van der Waals surface area contributed by atoms with E-state index in [-0.39, 0.29) is 24.8 Å². The van der Waals surface area contributed by atoms with Crippen LogP contribution in [0.2, 0.25) is 0 Å². The number of hydrogen-bond acceptors (Lipinski definition) is 6. The topological polar surface area (TPSA) is 82.1 Å². The van der Waals surface area contributed by atoms with Crippen LogP contribution in [0, 0.1) is 5.92 Å². The van der Waals surface area contributed by atoms with Crippen molar-refractivity contribution in [3.8, 4) is 0 Å². The number of imide groups is 1. The highest BCUT2D eigenvalue weighted by Crippen LogP contribution is 2.35. The number of carbonyl (C=O) groups is 3. The summed E-state index contributed by atoms with van der Waals surface area (Å²) in [5, 5.41) is 0. The average molecular weight is 337 g/mol. The molecule has 3 aliphatic rings. The Morgan fingerprint density at radius 2 is 1.71 bits per heavy atom. The summed E-state index contributed by atoms with van der Waals surface area (Å²) in [6, 6.07) is 0. The first-order chi connectivity index (χ1) is 11.5. The molecule has 0 saturated carbocycles. The lowest BCUT2D eigenvalue weighted by Gasteiger charge is -2.31. The third-order valence-corrected chi connectivity index (χ3v) is 5.10. The number of ether oxygens (including phenoxy) is 3. The van der Waals surface area contributed by atoms with Crippen LogP contribution in [0.15, 0.2) is 11.1 Å². The molecule has 0 radical (unpaired) electrons. The Kier molecular flexibility index (Phi) is 4.73. The van der Waals surface area contributed by atoms with Crippen molar-refractivity contribution in [2.24, 2.45) is 5.92 Å². The van der Waals surface area contributed by atoms with Crippen LogP contribution in [0.5, 0.6) is 0 Å². The van der Waals surface area contributed by atoms with Crippen molar-refractivity contribution in [3.05, 3.63) is 11.1 Å². The van der Waals surface area contributed by atoms with E-state index in [1.54, 1.807) is 6.92 Å². The molecule has 7 nitrogen and oxygen atoms in total. The molecule has 1 aliphatic carbocycles. The van der Waals surface area contributed by atoms with Crippen molar-refractivity contribution in [2.75, 3.05) is 26.9 Å². The minimum absolute atomic E-state index is 0.159. The Hall–Kier alpha value is -1.73. The fourth-order valence-electron chi connectivity index (χ4n) is 3.72. The fourth-order valence-corrected chi connectivity index (χ4v) is 3.72. The number of methoxy groups -OCH3 is 1. The Morgan fingerprint density at radius 1 is 1.17 bits per heavy atom. The zero-order chi connectivity index (χ0) is 17.3. The van der Waals surface area contributed by atoms with Crippen molar-refractivity contribution in [1.82, 2.24) is 4.90 Å². The number of rotatable bonds is 5. The van der Waals surface area contributed by atoms with Gasteiger partial charge in [0.25, 0.3) is 11.8 Å². The van der Waals surface area contributed by atoms with Gasteiger partial charge in [0.1, 0.15) is 5.92 Å². The first kappa shape index (κ1) is 17.1. The van der Waals surface area contributed by atoms with E-state index in [2.05, 4.69) is 0 Å². The summed E-state index contributed by atoms with van der Waals surface area (Å²) in [4.78, 5) is 38.3. The molecule has 2 amide bonds. The summed E-state index contributed by atoms with van der Waals surface area (Å²) >= 11 is 0. The largest absolute Gasteiger partial charge is 0.469 e. The zero-order valence-corrected chi connectivity index (χ0v) is 14.1. The molecule has 3 rings (SSSR count). The first-order valence-corrected chi connectivity index (χ1v) is 8.42. The maximum absolute atomic E-state index is 12.5. The van der Waals surface area contributed by atoms with E-state index >= 15 is 0 Å². The maximum atomic E-state index is 12.5. The Morgan fingerprint density at radius 3 is 2.21 bits per heavy atom. The quantitative estimate of drug-likeness (QED) is 0.553. The maximum Gasteiger partial charge on any atom is 0.314 e. The van der Waals surface area contributed by atoms with Gasteiger partial charge in [0.2, 0.25) is 0 Å². The van der Waals surface area contributed by atoms with E-state index in [0.29, 0.717) is 37.2 Å². The lowest BCUT2D eigenvalue weighted by molar-refractivity contribution is -0.200. The average Bonchev–Trinajstić information content (AvgIpc) is 3.13. The highest BCUT2D eigenvalue weighted by atomic mass is 16.7. The van der Waals surface area contributed by atoms with Gasteiger partial charge in [-0.25, -0.2) is 0 Å². The van der Waals surface area contributed by atoms with Crippen LogP contribution in [0.3, 0.4) is 0 Å². The second-order valence-corrected chi connectivity index (χ2v) is 6.50. The molecule has 1 unspecified atom stereocenters. The molecule has 7 heteroatoms. The molecular formula is C17H23NO6. The number of carbonyl (C=O) groups excluding carboxylic acids is 3. The molecule has 0 aromatic rings. The Labute approximate surface area is 140 Å². The van der Waals surface area contributed by atoms with Gasteiger partial charge in [0.15, 0.2) is 5.79 Å². The van der Waals surface area contributed by atoms with Gasteiger partial charge in [-0.1, -0.05) is 0 Å². The van der Waals surface area contributed by atoms with E-state index in [1.165, 1.54) is 12.0 Å². The third kappa shape index (κ3) is 2.86. The van der Waals surface area contributed by atoms with Gasteiger partial charge >= 0.3 is 5.97 Å². The van der Waals surface area contributed by atoms with E-state index in [4.69, 9.17) is 14.2 Å². The first-order valence-electron chi connectivity index (χ1n) is 8.42. The van der Waals surface area contributed by atoms with E-state index in [1.807, 2.05) is 0 Å². The zero-order valence-electron chi connectivity index (χ0n) is 14.1. The van der Waals surface area contributed by atoms with Crippen LogP contribution in [-0.2, 0) is 28.6 Å². The molecule has 0 N–H and O–H groups in total. The molecule has 132 valence electrons. The number of hydrogen-bond donors (Lipinski definition) is 0. The van der Waals surface area contributed by atoms with Gasteiger partial charge in [-0.3, -0.25) is 19.3 Å². The lowest BCUT2D eigenvalue weighted by atomic mass is 9.93. The van der Waals surface area contributed by atoms with Gasteiger partial charge < -0.3 is 14.2 Å². The normalized spacial score (nSPS) is 24.3. The predicted octanol–water partition coefficient (Wildman–Crippen LogP) is 1.17. The summed E-state index contributed by atoms with van der Waals surface area (Å²) in [6.07, 6.45) is 3.47. The highest BCUT2D eigenvalue weighted by molar-refractivity contribution is 6.19. The standard InChI is InChI=1S/C17H23NO6/c1-17(23-9-10-24-17)13(16(21)22-2)7-8-18-14(19)11-5-3-4-6-12(11)15(18)20/h13H,3-10H2,1-2H3. The number of esters is 1. The van der Waals surface area contributed by atoms with Crippen LogP contribution in [-0.4, -0.2) is 55.3 Å². The molecule has 1 atom stereocenters. The molecule has 1 fully saturated rings. The molecule has 0 aromatic carbocycles. The molecule has 24 heavy (non-hydrogen) atoms. The molecule has 0 spiro atoms. The van der Waals surface area contributed by atoms with Crippen LogP contribution >= 0.6 is 0 Å². The summed E-state index contributed by atoms with van der Waals surface area (Å²) in [5.74, 6) is -2.65. The molecule has 1 saturated heterocycles. The van der Waals surface area contributed by atoms with E-state index < -0.39 is 17.7 Å². The van der Waals surface area contributed by atoms with E-state index in [9.17, 15) is 14.4 Å². The van der Waals surface area contributed by atoms with Crippen molar-refractivity contribution in [2.45, 2.75) is 44.8 Å². The van der Waals surface area contributed by atoms with Crippen LogP contribution in [0.1, 0.15) is 39.0 Å². The Bertz CT molecular complexity index is 562. The summed E-state index contributed by atoms with van der Waals surface area (Å²) in [7, 11) is 1.31. The lowest BCUT2D eigenvalue weighted by Crippen LogP contribution is -2.44. The van der Waals surface area contributed by atoms with Crippen molar-refractivity contribution in [1.29, 1.82) is 0 Å². The predicted molar refractivity (Wildman–Crippen MR) is 82.6 cm³/mol. The highest BCUT2D eigenvalue weighted by Gasteiger charge is 2.46. The van der Waals surface area contributed by atoms with Crippen molar-refractivity contribution < 1.29 is 28.6 Å². The van der Waals surface area contributed by atoms with Crippen LogP contribution in [0.25, 0.3) is 0 Å². The van der Waals surface area contributed by atoms with Gasteiger partial charge in [0.05, 0.1) is 20.3 Å². The van der Waals surface area contributed by atoms with Crippen molar-refractivity contribution >= 4 is 17.8 Å². The second kappa shape index (κ2) is 6.64. The van der Waals surface area contributed by atoms with Gasteiger partial charge in [-0.15, -0.1) is 0 Å². The number of nitrogens with zero attached hydrogens (tertiary/aromatic N) is 1. The van der Waals surface area contributed by atoms with Crippen LogP contribution in [0.4, 0.5) is 0 Å². The molecule has 0 aromatic heterocycles. The number of amides is 2. The SMILES string of the molecule is COC(=O)C(CCN1C(=O)C2=C(CCCC2)C1=O)C1(C)OCCO1. The molecule has 2 heterocycles. The Balaban J connectivity index is 1.70. The third-order valence-electron chi connectivity index (χ3n) is 5.10.